The largest absolute Gasteiger partial charge is 0.496 e. The summed E-state index contributed by atoms with van der Waals surface area (Å²) in [7, 11) is 8.86. The van der Waals surface area contributed by atoms with Crippen molar-refractivity contribution in [2.45, 2.75) is 0 Å². The van der Waals surface area contributed by atoms with Crippen LogP contribution in [0.3, 0.4) is 0 Å². The first kappa shape index (κ1) is 25.1. The number of hydrogen-bond acceptors (Lipinski definition) is 9. The van der Waals surface area contributed by atoms with Gasteiger partial charge in [-0.25, -0.2) is 5.43 Å². The molecule has 0 unspecified atom stereocenters. The van der Waals surface area contributed by atoms with Gasteiger partial charge in [-0.3, -0.25) is 9.59 Å². The lowest BCUT2D eigenvalue weighted by Crippen LogP contribution is -2.35. The van der Waals surface area contributed by atoms with Gasteiger partial charge in [0.2, 0.25) is 5.75 Å². The molecule has 2 N–H and O–H groups in total. The Morgan fingerprint density at radius 3 is 1.82 bits per heavy atom. The van der Waals surface area contributed by atoms with E-state index in [9.17, 15) is 9.59 Å². The molecule has 33 heavy (non-hydrogen) atoms. The van der Waals surface area contributed by atoms with Crippen LogP contribution in [-0.4, -0.2) is 67.2 Å². The van der Waals surface area contributed by atoms with Gasteiger partial charge in [0.1, 0.15) is 5.75 Å². The minimum atomic E-state index is -0.536. The normalized spacial score (nSPS) is 10.4. The van der Waals surface area contributed by atoms with Crippen molar-refractivity contribution in [1.82, 2.24) is 10.7 Å². The summed E-state index contributed by atoms with van der Waals surface area (Å²) in [6.07, 6.45) is 1.39. The molecule has 11 nitrogen and oxygen atoms in total. The maximum atomic E-state index is 12.5. The summed E-state index contributed by atoms with van der Waals surface area (Å²) in [5, 5.41) is 6.41. The number of amides is 2. The third kappa shape index (κ3) is 6.19. The predicted octanol–water partition coefficient (Wildman–Crippen LogP) is 1.62. The predicted molar refractivity (Wildman–Crippen MR) is 120 cm³/mol. The van der Waals surface area contributed by atoms with Crippen molar-refractivity contribution in [3.8, 4) is 34.5 Å². The summed E-state index contributed by atoms with van der Waals surface area (Å²) < 4.78 is 31.5. The standard InChI is InChI=1S/C22H27N3O8/c1-28-15-10-17(30-3)16(29-2)9-14(15)11-24-25-20(26)12-23-22(27)13-7-18(31-4)21(33-6)19(8-13)32-5/h7-11H,12H2,1-6H3,(H,23,27)(H,25,26)/b24-11-. The third-order valence-corrected chi connectivity index (χ3v) is 4.47. The number of methoxy groups -OCH3 is 6. The van der Waals surface area contributed by atoms with Crippen LogP contribution in [-0.2, 0) is 4.79 Å². The van der Waals surface area contributed by atoms with Crippen molar-refractivity contribution in [3.63, 3.8) is 0 Å². The number of hydrazone groups is 1. The third-order valence-electron chi connectivity index (χ3n) is 4.47. The molecule has 178 valence electrons. The van der Waals surface area contributed by atoms with Gasteiger partial charge in [0, 0.05) is 17.2 Å². The highest BCUT2D eigenvalue weighted by atomic mass is 16.5. The molecule has 0 radical (unpaired) electrons. The van der Waals surface area contributed by atoms with Crippen LogP contribution in [0.2, 0.25) is 0 Å². The molecule has 11 heteroatoms. The molecule has 2 amide bonds. The fraction of sp³-hybridized carbons (Fsp3) is 0.318. The highest BCUT2D eigenvalue weighted by Crippen LogP contribution is 2.38. The second-order valence-corrected chi connectivity index (χ2v) is 6.34. The van der Waals surface area contributed by atoms with Gasteiger partial charge in [0.25, 0.3) is 11.8 Å². The van der Waals surface area contributed by atoms with Crippen LogP contribution in [0.4, 0.5) is 0 Å². The van der Waals surface area contributed by atoms with Crippen LogP contribution in [0.25, 0.3) is 0 Å². The number of ether oxygens (including phenoxy) is 6. The number of nitrogens with zero attached hydrogens (tertiary/aromatic N) is 1. The molecule has 0 saturated heterocycles. The molecule has 2 aromatic carbocycles. The Morgan fingerprint density at radius 2 is 1.30 bits per heavy atom. The van der Waals surface area contributed by atoms with Gasteiger partial charge in [0.15, 0.2) is 23.0 Å². The second-order valence-electron chi connectivity index (χ2n) is 6.34. The van der Waals surface area contributed by atoms with Crippen molar-refractivity contribution in [2.75, 3.05) is 49.2 Å². The monoisotopic (exact) mass is 461 g/mol. The van der Waals surface area contributed by atoms with Crippen molar-refractivity contribution in [3.05, 3.63) is 35.4 Å². The van der Waals surface area contributed by atoms with Crippen LogP contribution >= 0.6 is 0 Å². The molecular formula is C22H27N3O8. The molecule has 0 saturated carbocycles. The zero-order valence-corrected chi connectivity index (χ0v) is 19.3. The van der Waals surface area contributed by atoms with E-state index in [1.165, 1.54) is 61.0 Å². The summed E-state index contributed by atoms with van der Waals surface area (Å²) in [4.78, 5) is 24.6. The Bertz CT molecular complexity index is 998. The number of carbonyl (C=O) groups is 2. The van der Waals surface area contributed by atoms with E-state index in [-0.39, 0.29) is 12.1 Å². The van der Waals surface area contributed by atoms with E-state index in [1.807, 2.05) is 0 Å². The zero-order chi connectivity index (χ0) is 24.4. The van der Waals surface area contributed by atoms with E-state index in [2.05, 4.69) is 15.8 Å². The number of carbonyl (C=O) groups excluding carboxylic acids is 2. The van der Waals surface area contributed by atoms with Crippen molar-refractivity contribution in [2.24, 2.45) is 5.10 Å². The first-order chi connectivity index (χ1) is 15.9. The first-order valence-electron chi connectivity index (χ1n) is 9.62. The second kappa shape index (κ2) is 12.0. The van der Waals surface area contributed by atoms with Crippen LogP contribution in [0.1, 0.15) is 15.9 Å². The van der Waals surface area contributed by atoms with E-state index in [0.29, 0.717) is 40.1 Å². The number of benzene rings is 2. The van der Waals surface area contributed by atoms with Gasteiger partial charge < -0.3 is 33.7 Å². The zero-order valence-electron chi connectivity index (χ0n) is 19.3. The van der Waals surface area contributed by atoms with Crippen LogP contribution in [0.5, 0.6) is 34.5 Å². The minimum Gasteiger partial charge on any atom is -0.496 e. The van der Waals surface area contributed by atoms with Crippen molar-refractivity contribution >= 4 is 18.0 Å². The van der Waals surface area contributed by atoms with Gasteiger partial charge in [0.05, 0.1) is 55.4 Å². The number of nitrogens with one attached hydrogen (secondary N) is 2. The smallest absolute Gasteiger partial charge is 0.259 e. The highest BCUT2D eigenvalue weighted by molar-refractivity contribution is 5.97. The first-order valence-corrected chi connectivity index (χ1v) is 9.62. The molecule has 0 aliphatic carbocycles. The Balaban J connectivity index is 2.02. The molecule has 0 heterocycles. The highest BCUT2D eigenvalue weighted by Gasteiger charge is 2.17. The molecule has 0 aliphatic rings. The Kier molecular flexibility index (Phi) is 9.16. The fourth-order valence-corrected chi connectivity index (χ4v) is 2.84. The maximum Gasteiger partial charge on any atom is 0.259 e. The quantitative estimate of drug-likeness (QED) is 0.382. The Labute approximate surface area is 191 Å². The molecule has 2 aromatic rings. The maximum absolute atomic E-state index is 12.5. The molecule has 0 aromatic heterocycles. The number of rotatable bonds is 11. The average molecular weight is 461 g/mol. The van der Waals surface area contributed by atoms with Crippen LogP contribution in [0, 0.1) is 0 Å². The Hall–Kier alpha value is -4.15. The molecule has 0 fully saturated rings. The topological polar surface area (TPSA) is 126 Å². The molecule has 0 bridgehead atoms. The summed E-state index contributed by atoms with van der Waals surface area (Å²) in [5.41, 5.74) is 3.12. The number of hydrogen-bond donors (Lipinski definition) is 2. The molecule has 2 rings (SSSR count). The minimum absolute atomic E-state index is 0.232. The van der Waals surface area contributed by atoms with Gasteiger partial charge in [-0.1, -0.05) is 0 Å². The molecule has 0 atom stereocenters. The SMILES string of the molecule is COc1cc(OC)c(OC)cc1/C=N\NC(=O)CNC(=O)c1cc(OC)c(OC)c(OC)c1. The van der Waals surface area contributed by atoms with Crippen LogP contribution in [0.15, 0.2) is 29.4 Å². The summed E-state index contributed by atoms with van der Waals surface area (Å²) in [6, 6.07) is 6.26. The lowest BCUT2D eigenvalue weighted by molar-refractivity contribution is -0.120. The van der Waals surface area contributed by atoms with E-state index in [0.717, 1.165) is 0 Å². The van der Waals surface area contributed by atoms with Gasteiger partial charge in [-0.15, -0.1) is 0 Å². The molecular weight excluding hydrogens is 434 g/mol. The van der Waals surface area contributed by atoms with E-state index >= 15 is 0 Å². The van der Waals surface area contributed by atoms with Crippen molar-refractivity contribution < 1.29 is 38.0 Å². The van der Waals surface area contributed by atoms with Gasteiger partial charge >= 0.3 is 0 Å². The molecule has 0 aliphatic heterocycles. The van der Waals surface area contributed by atoms with E-state index in [4.69, 9.17) is 28.4 Å². The summed E-state index contributed by atoms with van der Waals surface area (Å²) in [5.74, 6) is 1.39. The van der Waals surface area contributed by atoms with E-state index in [1.54, 1.807) is 12.1 Å². The summed E-state index contributed by atoms with van der Waals surface area (Å²) >= 11 is 0. The van der Waals surface area contributed by atoms with Crippen molar-refractivity contribution in [1.29, 1.82) is 0 Å². The van der Waals surface area contributed by atoms with Gasteiger partial charge in [-0.2, -0.15) is 5.10 Å². The van der Waals surface area contributed by atoms with Crippen LogP contribution < -0.4 is 39.2 Å². The lowest BCUT2D eigenvalue weighted by atomic mass is 10.1. The van der Waals surface area contributed by atoms with E-state index < -0.39 is 11.8 Å². The fourth-order valence-electron chi connectivity index (χ4n) is 2.84. The molecule has 0 spiro atoms. The summed E-state index contributed by atoms with van der Waals surface area (Å²) in [6.45, 7) is -0.310. The Morgan fingerprint density at radius 1 is 0.758 bits per heavy atom. The van der Waals surface area contributed by atoms with Gasteiger partial charge in [-0.05, 0) is 18.2 Å². The lowest BCUT2D eigenvalue weighted by Gasteiger charge is -2.14. The average Bonchev–Trinajstić information content (AvgIpc) is 2.85.